The maximum Gasteiger partial charge on any atom is 0.330 e. The molecule has 0 N–H and O–H groups in total. The van der Waals surface area contributed by atoms with Crippen LogP contribution in [-0.2, 0) is 23.7 Å². The second-order valence-electron chi connectivity index (χ2n) is 5.72. The van der Waals surface area contributed by atoms with Gasteiger partial charge in [-0.25, -0.2) is 4.79 Å². The Morgan fingerprint density at radius 3 is 2.48 bits per heavy atom. The van der Waals surface area contributed by atoms with E-state index in [4.69, 9.17) is 18.9 Å². The standard InChI is InChI=1S/C20H32O5/c1-7-9-10-11-12-19(21)24-14-16(3)13-17(4)20(25-15-22-5)18(8-2)23-6/h7-8,11-13,17-18,20H,1-2,9-10,14-15H2,3-6H3/b12-11+,16-13-/t17-,18?,20+/m1/s1. The minimum atomic E-state index is -0.350. The van der Waals surface area contributed by atoms with Crippen molar-refractivity contribution in [3.63, 3.8) is 0 Å². The molecule has 0 aliphatic carbocycles. The number of methoxy groups -OCH3 is 2. The molecular weight excluding hydrogens is 320 g/mol. The van der Waals surface area contributed by atoms with Gasteiger partial charge in [-0.2, -0.15) is 0 Å². The third-order valence-corrected chi connectivity index (χ3v) is 3.51. The molecule has 0 aliphatic rings. The monoisotopic (exact) mass is 352 g/mol. The van der Waals surface area contributed by atoms with Gasteiger partial charge in [-0.05, 0) is 25.3 Å². The lowest BCUT2D eigenvalue weighted by atomic mass is 9.97. The van der Waals surface area contributed by atoms with E-state index in [1.165, 1.54) is 6.08 Å². The van der Waals surface area contributed by atoms with Crippen molar-refractivity contribution in [2.75, 3.05) is 27.6 Å². The first-order valence-electron chi connectivity index (χ1n) is 8.37. The second-order valence-corrected chi connectivity index (χ2v) is 5.72. The molecule has 5 heteroatoms. The third-order valence-electron chi connectivity index (χ3n) is 3.51. The maximum atomic E-state index is 11.6. The van der Waals surface area contributed by atoms with Crippen molar-refractivity contribution >= 4 is 5.97 Å². The lowest BCUT2D eigenvalue weighted by molar-refractivity contribution is -0.136. The highest BCUT2D eigenvalue weighted by molar-refractivity contribution is 5.81. The molecule has 5 nitrogen and oxygen atoms in total. The number of hydrogen-bond donors (Lipinski definition) is 0. The van der Waals surface area contributed by atoms with Crippen LogP contribution in [0.2, 0.25) is 0 Å². The Labute approximate surface area is 152 Å². The number of esters is 1. The zero-order chi connectivity index (χ0) is 19.1. The molecule has 0 amide bonds. The molecule has 0 aromatic heterocycles. The molecular formula is C20H32O5. The highest BCUT2D eigenvalue weighted by Gasteiger charge is 2.24. The number of carbonyl (C=O) groups is 1. The van der Waals surface area contributed by atoms with Crippen molar-refractivity contribution in [2.45, 2.75) is 38.9 Å². The van der Waals surface area contributed by atoms with Crippen LogP contribution in [0, 0.1) is 5.92 Å². The molecule has 0 fully saturated rings. The van der Waals surface area contributed by atoms with Gasteiger partial charge in [0.05, 0.1) is 6.10 Å². The van der Waals surface area contributed by atoms with Crippen LogP contribution in [0.1, 0.15) is 26.7 Å². The largest absolute Gasteiger partial charge is 0.458 e. The molecule has 0 radical (unpaired) electrons. The first kappa shape index (κ1) is 23.3. The van der Waals surface area contributed by atoms with Gasteiger partial charge >= 0.3 is 5.97 Å². The minimum absolute atomic E-state index is 0.0277. The Hall–Kier alpha value is -1.69. The van der Waals surface area contributed by atoms with Crippen molar-refractivity contribution in [3.8, 4) is 0 Å². The average Bonchev–Trinajstić information content (AvgIpc) is 2.60. The van der Waals surface area contributed by atoms with Crippen LogP contribution >= 0.6 is 0 Å². The summed E-state index contributed by atoms with van der Waals surface area (Å²) in [5.41, 5.74) is 0.935. The maximum absolute atomic E-state index is 11.6. The van der Waals surface area contributed by atoms with E-state index in [0.717, 1.165) is 18.4 Å². The molecule has 0 aromatic rings. The lowest BCUT2D eigenvalue weighted by Crippen LogP contribution is -2.35. The van der Waals surface area contributed by atoms with E-state index < -0.39 is 0 Å². The number of hydrogen-bond acceptors (Lipinski definition) is 5. The van der Waals surface area contributed by atoms with Gasteiger partial charge < -0.3 is 18.9 Å². The molecule has 3 atom stereocenters. The van der Waals surface area contributed by atoms with E-state index in [1.807, 2.05) is 26.0 Å². The van der Waals surface area contributed by atoms with Crippen LogP contribution in [0.5, 0.6) is 0 Å². The normalized spacial score (nSPS) is 15.6. The fourth-order valence-electron chi connectivity index (χ4n) is 2.28. The lowest BCUT2D eigenvalue weighted by Gasteiger charge is -2.27. The summed E-state index contributed by atoms with van der Waals surface area (Å²) in [5.74, 6) is -0.322. The highest BCUT2D eigenvalue weighted by Crippen LogP contribution is 2.18. The Kier molecular flexibility index (Phi) is 13.6. The van der Waals surface area contributed by atoms with Crippen molar-refractivity contribution in [1.82, 2.24) is 0 Å². The van der Waals surface area contributed by atoms with Crippen LogP contribution in [-0.4, -0.2) is 45.8 Å². The van der Waals surface area contributed by atoms with E-state index in [2.05, 4.69) is 13.2 Å². The van der Waals surface area contributed by atoms with Crippen LogP contribution < -0.4 is 0 Å². The van der Waals surface area contributed by atoms with Crippen LogP contribution in [0.25, 0.3) is 0 Å². The molecule has 0 aromatic carbocycles. The van der Waals surface area contributed by atoms with Gasteiger partial charge in [0.2, 0.25) is 0 Å². The summed E-state index contributed by atoms with van der Waals surface area (Å²) in [6.07, 6.45) is 9.87. The van der Waals surface area contributed by atoms with Crippen molar-refractivity contribution < 1.29 is 23.7 Å². The van der Waals surface area contributed by atoms with Gasteiger partial charge in [-0.1, -0.05) is 31.2 Å². The van der Waals surface area contributed by atoms with Gasteiger partial charge in [0.1, 0.15) is 19.5 Å². The number of allylic oxidation sites excluding steroid dienone is 2. The van der Waals surface area contributed by atoms with E-state index in [9.17, 15) is 4.79 Å². The summed E-state index contributed by atoms with van der Waals surface area (Å²) in [6.45, 7) is 11.7. The van der Waals surface area contributed by atoms with Crippen molar-refractivity contribution in [3.05, 3.63) is 49.1 Å². The topological polar surface area (TPSA) is 54.0 Å². The molecule has 0 heterocycles. The SMILES string of the molecule is C=CCC/C=C/C(=O)OC/C(C)=C\[C@@H](C)[C@H](OCOC)C(C=C)OC. The third kappa shape index (κ3) is 10.7. The Bertz CT molecular complexity index is 453. The Balaban J connectivity index is 4.63. The summed E-state index contributed by atoms with van der Waals surface area (Å²) in [6, 6.07) is 0. The van der Waals surface area contributed by atoms with Gasteiger partial charge in [0.25, 0.3) is 0 Å². The van der Waals surface area contributed by atoms with Gasteiger partial charge in [0, 0.05) is 26.2 Å². The first-order chi connectivity index (χ1) is 12.0. The van der Waals surface area contributed by atoms with Crippen molar-refractivity contribution in [2.24, 2.45) is 5.92 Å². The molecule has 0 aliphatic heterocycles. The van der Waals surface area contributed by atoms with E-state index in [1.54, 1.807) is 26.4 Å². The number of unbranched alkanes of at least 4 members (excludes halogenated alkanes) is 1. The molecule has 0 saturated carbocycles. The second kappa shape index (κ2) is 14.6. The summed E-state index contributed by atoms with van der Waals surface area (Å²) in [7, 11) is 3.18. The number of ether oxygens (including phenoxy) is 4. The summed E-state index contributed by atoms with van der Waals surface area (Å²) >= 11 is 0. The quantitative estimate of drug-likeness (QED) is 0.156. The first-order valence-corrected chi connectivity index (χ1v) is 8.37. The van der Waals surface area contributed by atoms with E-state index in [-0.39, 0.29) is 37.5 Å². The molecule has 0 rings (SSSR count). The fraction of sp³-hybridized carbons (Fsp3) is 0.550. The Morgan fingerprint density at radius 1 is 1.20 bits per heavy atom. The van der Waals surface area contributed by atoms with Crippen LogP contribution in [0.4, 0.5) is 0 Å². The minimum Gasteiger partial charge on any atom is -0.458 e. The van der Waals surface area contributed by atoms with Crippen LogP contribution in [0.3, 0.4) is 0 Å². The molecule has 25 heavy (non-hydrogen) atoms. The Morgan fingerprint density at radius 2 is 1.92 bits per heavy atom. The molecule has 1 unspecified atom stereocenters. The van der Waals surface area contributed by atoms with E-state index >= 15 is 0 Å². The van der Waals surface area contributed by atoms with Gasteiger partial charge in [0.15, 0.2) is 0 Å². The fourth-order valence-corrected chi connectivity index (χ4v) is 2.28. The predicted molar refractivity (Wildman–Crippen MR) is 100 cm³/mol. The molecule has 0 saturated heterocycles. The summed E-state index contributed by atoms with van der Waals surface area (Å²) in [4.78, 5) is 11.6. The number of rotatable bonds is 14. The van der Waals surface area contributed by atoms with Gasteiger partial charge in [-0.3, -0.25) is 0 Å². The highest BCUT2D eigenvalue weighted by atomic mass is 16.7. The van der Waals surface area contributed by atoms with E-state index in [0.29, 0.717) is 0 Å². The number of carbonyl (C=O) groups excluding carboxylic acids is 1. The van der Waals surface area contributed by atoms with Crippen molar-refractivity contribution in [1.29, 1.82) is 0 Å². The smallest absolute Gasteiger partial charge is 0.330 e. The summed E-state index contributed by atoms with van der Waals surface area (Å²) < 4.78 is 21.3. The molecule has 0 bridgehead atoms. The van der Waals surface area contributed by atoms with Gasteiger partial charge in [-0.15, -0.1) is 13.2 Å². The zero-order valence-electron chi connectivity index (χ0n) is 15.9. The molecule has 0 spiro atoms. The predicted octanol–water partition coefficient (Wildman–Crippen LogP) is 3.82. The zero-order valence-corrected chi connectivity index (χ0v) is 15.9. The average molecular weight is 352 g/mol. The summed E-state index contributed by atoms with van der Waals surface area (Å²) in [5, 5.41) is 0. The molecule has 142 valence electrons. The van der Waals surface area contributed by atoms with Crippen LogP contribution in [0.15, 0.2) is 49.1 Å².